The number of alkyl carbamates (subject to hydrolysis) is 1. The second-order valence-corrected chi connectivity index (χ2v) is 9.82. The van der Waals surface area contributed by atoms with Gasteiger partial charge in [0.05, 0.1) is 11.5 Å². The normalized spacial score (nSPS) is 24.0. The highest BCUT2D eigenvalue weighted by Gasteiger charge is 2.44. The van der Waals surface area contributed by atoms with Gasteiger partial charge in [-0.3, -0.25) is 0 Å². The van der Waals surface area contributed by atoms with Crippen LogP contribution in [0.25, 0.3) is 11.0 Å². The molecule has 3 rings (SSSR count). The number of aromatic nitrogens is 3. The molecule has 3 heterocycles. The Morgan fingerprint density at radius 2 is 2.06 bits per heavy atom. The van der Waals surface area contributed by atoms with Gasteiger partial charge in [0.2, 0.25) is 0 Å². The zero-order valence-electron chi connectivity index (χ0n) is 18.5. The third-order valence-corrected chi connectivity index (χ3v) is 6.06. The van der Waals surface area contributed by atoms with E-state index in [1.165, 1.54) is 18.1 Å². The molecule has 1 aliphatic rings. The van der Waals surface area contributed by atoms with E-state index in [0.717, 1.165) is 0 Å². The molecule has 1 aliphatic heterocycles. The lowest BCUT2D eigenvalue weighted by Gasteiger charge is -2.22. The van der Waals surface area contributed by atoms with Crippen molar-refractivity contribution in [1.29, 1.82) is 0 Å². The fourth-order valence-electron chi connectivity index (χ4n) is 3.40. The molecule has 1 saturated heterocycles. The lowest BCUT2D eigenvalue weighted by atomic mass is 10.1. The van der Waals surface area contributed by atoms with Crippen molar-refractivity contribution in [2.45, 2.75) is 63.4 Å². The fraction of sp³-hybridized carbons (Fsp3) is 0.600. The first kappa shape index (κ1) is 25.0. The molecule has 0 bridgehead atoms. The summed E-state index contributed by atoms with van der Waals surface area (Å²) in [6.45, 7) is 5.06. The van der Waals surface area contributed by atoms with Crippen LogP contribution in [0.4, 0.5) is 10.6 Å². The molecule has 12 nitrogen and oxygen atoms in total. The number of fused-ring (bicyclic) bond motifs is 1. The Bertz CT molecular complexity index is 995. The number of hydrogen-bond donors (Lipinski definition) is 5. The number of amides is 1. The molecular formula is C20H29N5O7S. The van der Waals surface area contributed by atoms with Gasteiger partial charge in [0.25, 0.3) is 0 Å². The molecule has 1 amide bonds. The van der Waals surface area contributed by atoms with E-state index in [2.05, 4.69) is 15.3 Å². The molecule has 2 aromatic rings. The van der Waals surface area contributed by atoms with Crippen molar-refractivity contribution in [2.75, 3.05) is 17.2 Å². The summed E-state index contributed by atoms with van der Waals surface area (Å²) in [5.74, 6) is -0.193. The number of aliphatic hydroxyl groups excluding tert-OH is 2. The number of nitrogens with two attached hydrogens (primary N) is 1. The van der Waals surface area contributed by atoms with Crippen molar-refractivity contribution in [3.8, 4) is 0 Å². The Kier molecular flexibility index (Phi) is 7.67. The smallest absolute Gasteiger partial charge is 0.408 e. The first-order valence-electron chi connectivity index (χ1n) is 10.4. The Hall–Kier alpha value is -2.61. The first-order valence-corrected chi connectivity index (χ1v) is 11.5. The van der Waals surface area contributed by atoms with Gasteiger partial charge in [0.15, 0.2) is 6.23 Å². The molecule has 6 N–H and O–H groups in total. The number of carboxylic acids is 1. The number of carboxylic acid groups (broad SMARTS) is 1. The number of thioether (sulfide) groups is 1. The standard InChI is InChI=1S/C20H29N5O7S/c1-20(2,3)32-19(30)24-11(18(28)29)5-7-33-8-12-13(26)14(27)17(31-12)25-6-4-10-15(21)22-9-23-16(10)25/h4,6,9,11-14,17,26-27H,5,7-8H2,1-3H3,(H,24,30)(H,28,29)(H2,21,22,23)/t11-,12+,13+,14+,17+/m0/s1. The quantitative estimate of drug-likeness (QED) is 0.334. The molecule has 0 radical (unpaired) electrons. The number of rotatable bonds is 8. The number of aliphatic carboxylic acids is 1. The largest absolute Gasteiger partial charge is 0.480 e. The summed E-state index contributed by atoms with van der Waals surface area (Å²) in [7, 11) is 0. The maximum absolute atomic E-state index is 11.9. The Morgan fingerprint density at radius 3 is 2.73 bits per heavy atom. The zero-order chi connectivity index (χ0) is 24.3. The highest BCUT2D eigenvalue weighted by molar-refractivity contribution is 7.99. The van der Waals surface area contributed by atoms with E-state index in [4.69, 9.17) is 15.2 Å². The van der Waals surface area contributed by atoms with Gasteiger partial charge in [0, 0.05) is 11.9 Å². The van der Waals surface area contributed by atoms with Crippen molar-refractivity contribution in [3.05, 3.63) is 18.6 Å². The van der Waals surface area contributed by atoms with E-state index >= 15 is 0 Å². The number of aliphatic hydroxyl groups is 2. The molecule has 0 aliphatic carbocycles. The van der Waals surface area contributed by atoms with E-state index < -0.39 is 48.2 Å². The molecule has 2 aromatic heterocycles. The number of nitrogens with one attached hydrogen (secondary N) is 1. The van der Waals surface area contributed by atoms with Crippen molar-refractivity contribution in [2.24, 2.45) is 0 Å². The summed E-state index contributed by atoms with van der Waals surface area (Å²) in [6.07, 6.45) is -1.57. The number of hydrogen-bond acceptors (Lipinski definition) is 10. The van der Waals surface area contributed by atoms with Gasteiger partial charge in [-0.25, -0.2) is 19.6 Å². The van der Waals surface area contributed by atoms with Gasteiger partial charge in [-0.15, -0.1) is 0 Å². The number of nitrogen functional groups attached to an aromatic ring is 1. The van der Waals surface area contributed by atoms with Crippen molar-refractivity contribution < 1.29 is 34.4 Å². The van der Waals surface area contributed by atoms with Crippen LogP contribution in [-0.4, -0.2) is 83.4 Å². The van der Waals surface area contributed by atoms with Crippen LogP contribution in [0.15, 0.2) is 18.6 Å². The van der Waals surface area contributed by atoms with Gasteiger partial charge in [0.1, 0.15) is 41.6 Å². The molecule has 0 aromatic carbocycles. The van der Waals surface area contributed by atoms with Crippen LogP contribution in [-0.2, 0) is 14.3 Å². The maximum Gasteiger partial charge on any atom is 0.408 e. The summed E-state index contributed by atoms with van der Waals surface area (Å²) >= 11 is 1.34. The zero-order valence-corrected chi connectivity index (χ0v) is 19.4. The number of ether oxygens (including phenoxy) is 2. The third-order valence-electron chi connectivity index (χ3n) is 4.97. The summed E-state index contributed by atoms with van der Waals surface area (Å²) < 4.78 is 12.6. The van der Waals surface area contributed by atoms with E-state index in [1.54, 1.807) is 37.6 Å². The molecule has 5 atom stereocenters. The van der Waals surface area contributed by atoms with Crippen molar-refractivity contribution >= 4 is 40.7 Å². The number of nitrogens with zero attached hydrogens (tertiary/aromatic N) is 3. The lowest BCUT2D eigenvalue weighted by Crippen LogP contribution is -2.43. The van der Waals surface area contributed by atoms with Crippen molar-refractivity contribution in [1.82, 2.24) is 19.9 Å². The summed E-state index contributed by atoms with van der Waals surface area (Å²) in [6, 6.07) is 0.593. The summed E-state index contributed by atoms with van der Waals surface area (Å²) in [5.41, 5.74) is 5.59. The second kappa shape index (κ2) is 10.1. The molecular weight excluding hydrogens is 454 g/mol. The highest BCUT2D eigenvalue weighted by Crippen LogP contribution is 2.34. The first-order chi connectivity index (χ1) is 15.5. The SMILES string of the molecule is CC(C)(C)OC(=O)N[C@@H](CCSC[C@H]1O[C@@H](n2ccc3c(N)ncnc32)[C@H](O)[C@@H]1O)C(=O)O. The van der Waals surface area contributed by atoms with Gasteiger partial charge in [-0.1, -0.05) is 0 Å². The van der Waals surface area contributed by atoms with Crippen LogP contribution in [0.2, 0.25) is 0 Å². The molecule has 0 spiro atoms. The predicted molar refractivity (Wildman–Crippen MR) is 121 cm³/mol. The minimum absolute atomic E-state index is 0.145. The Morgan fingerprint density at radius 1 is 1.33 bits per heavy atom. The number of carbonyl (C=O) groups excluding carboxylic acids is 1. The average molecular weight is 484 g/mol. The van der Waals surface area contributed by atoms with Crippen LogP contribution in [0, 0.1) is 0 Å². The van der Waals surface area contributed by atoms with E-state index in [0.29, 0.717) is 28.4 Å². The van der Waals surface area contributed by atoms with Crippen LogP contribution < -0.4 is 11.1 Å². The average Bonchev–Trinajstić information content (AvgIpc) is 3.26. The van der Waals surface area contributed by atoms with Gasteiger partial charge < -0.3 is 40.4 Å². The molecule has 0 saturated carbocycles. The Labute approximate surface area is 194 Å². The monoisotopic (exact) mass is 483 g/mol. The molecule has 33 heavy (non-hydrogen) atoms. The number of anilines is 1. The summed E-state index contributed by atoms with van der Waals surface area (Å²) in [4.78, 5) is 31.4. The minimum atomic E-state index is -1.19. The Balaban J connectivity index is 1.53. The van der Waals surface area contributed by atoms with Crippen LogP contribution in [0.5, 0.6) is 0 Å². The van der Waals surface area contributed by atoms with Gasteiger partial charge in [-0.2, -0.15) is 11.8 Å². The third kappa shape index (κ3) is 6.05. The fourth-order valence-corrected chi connectivity index (χ4v) is 4.48. The van der Waals surface area contributed by atoms with E-state index in [-0.39, 0.29) is 6.42 Å². The molecule has 13 heteroatoms. The van der Waals surface area contributed by atoms with Gasteiger partial charge in [-0.05, 0) is 39.0 Å². The van der Waals surface area contributed by atoms with Crippen molar-refractivity contribution in [3.63, 3.8) is 0 Å². The van der Waals surface area contributed by atoms with E-state index in [1.807, 2.05) is 0 Å². The minimum Gasteiger partial charge on any atom is -0.480 e. The molecule has 1 fully saturated rings. The number of carbonyl (C=O) groups is 2. The van der Waals surface area contributed by atoms with Crippen LogP contribution in [0.3, 0.4) is 0 Å². The molecule has 182 valence electrons. The van der Waals surface area contributed by atoms with Crippen LogP contribution in [0.1, 0.15) is 33.4 Å². The summed E-state index contributed by atoms with van der Waals surface area (Å²) in [5, 5.41) is 33.3. The van der Waals surface area contributed by atoms with E-state index in [9.17, 15) is 24.9 Å². The van der Waals surface area contributed by atoms with Gasteiger partial charge >= 0.3 is 12.1 Å². The highest BCUT2D eigenvalue weighted by atomic mass is 32.2. The topological polar surface area (TPSA) is 182 Å². The lowest BCUT2D eigenvalue weighted by molar-refractivity contribution is -0.139. The second-order valence-electron chi connectivity index (χ2n) is 8.67. The predicted octanol–water partition coefficient (Wildman–Crippen LogP) is 0.734. The maximum atomic E-state index is 11.9. The van der Waals surface area contributed by atoms with Crippen LogP contribution >= 0.6 is 11.8 Å². The molecule has 0 unspecified atom stereocenters.